The second-order valence-electron chi connectivity index (χ2n) is 5.27. The third-order valence-electron chi connectivity index (χ3n) is 2.98. The highest BCUT2D eigenvalue weighted by Crippen LogP contribution is 2.40. The van der Waals surface area contributed by atoms with Crippen LogP contribution in [-0.2, 0) is 0 Å². The Labute approximate surface area is 109 Å². The van der Waals surface area contributed by atoms with E-state index in [-0.39, 0.29) is 0 Å². The van der Waals surface area contributed by atoms with Gasteiger partial charge < -0.3 is 5.73 Å². The number of hydrogen-bond donors (Lipinski definition) is 1. The Morgan fingerprint density at radius 2 is 2.25 bits per heavy atom. The topological polar surface area (TPSA) is 43.8 Å². The minimum Gasteiger partial charge on any atom is -0.383 e. The summed E-state index contributed by atoms with van der Waals surface area (Å²) in [5, 5.41) is 4.53. The van der Waals surface area contributed by atoms with Crippen molar-refractivity contribution in [2.24, 2.45) is 5.41 Å². The highest BCUT2D eigenvalue weighted by molar-refractivity contribution is 9.10. The zero-order valence-corrected chi connectivity index (χ0v) is 12.4. The van der Waals surface area contributed by atoms with Gasteiger partial charge in [-0.25, -0.2) is 4.68 Å². The lowest BCUT2D eigenvalue weighted by molar-refractivity contribution is 0.293. The number of nitrogens with zero attached hydrogens (tertiary/aromatic N) is 2. The first-order chi connectivity index (χ1) is 7.41. The van der Waals surface area contributed by atoms with Crippen molar-refractivity contribution < 1.29 is 0 Å². The van der Waals surface area contributed by atoms with Gasteiger partial charge in [0.25, 0.3) is 0 Å². The Hall–Kier alpha value is -0.160. The van der Waals surface area contributed by atoms with Crippen LogP contribution in [-0.4, -0.2) is 21.3 Å². The average Bonchev–Trinajstić information content (AvgIpc) is 2.45. The molecule has 0 saturated carbocycles. The molecule has 1 unspecified atom stereocenters. The van der Waals surface area contributed by atoms with Crippen LogP contribution in [0.1, 0.15) is 32.0 Å². The molecule has 2 heterocycles. The van der Waals surface area contributed by atoms with Gasteiger partial charge in [0.1, 0.15) is 5.82 Å². The molecule has 2 N–H and O–H groups in total. The Morgan fingerprint density at radius 1 is 1.56 bits per heavy atom. The van der Waals surface area contributed by atoms with E-state index in [0.717, 1.165) is 28.2 Å². The smallest absolute Gasteiger partial charge is 0.136 e. The molecule has 3 nitrogen and oxygen atoms in total. The quantitative estimate of drug-likeness (QED) is 0.866. The fourth-order valence-electron chi connectivity index (χ4n) is 2.21. The highest BCUT2D eigenvalue weighted by atomic mass is 79.9. The lowest BCUT2D eigenvalue weighted by Crippen LogP contribution is -2.29. The molecule has 1 fully saturated rings. The van der Waals surface area contributed by atoms with Gasteiger partial charge in [-0.2, -0.15) is 16.9 Å². The third-order valence-corrected chi connectivity index (χ3v) is 5.57. The largest absolute Gasteiger partial charge is 0.383 e. The number of thioether (sulfide) groups is 1. The summed E-state index contributed by atoms with van der Waals surface area (Å²) in [5.74, 6) is 3.10. The first kappa shape index (κ1) is 12.3. The summed E-state index contributed by atoms with van der Waals surface area (Å²) in [5.41, 5.74) is 7.43. The van der Waals surface area contributed by atoms with Crippen LogP contribution in [0.2, 0.25) is 0 Å². The van der Waals surface area contributed by atoms with E-state index in [4.69, 9.17) is 5.73 Å². The summed E-state index contributed by atoms with van der Waals surface area (Å²) >= 11 is 5.48. The maximum Gasteiger partial charge on any atom is 0.136 e. The van der Waals surface area contributed by atoms with Crippen molar-refractivity contribution in [3.05, 3.63) is 10.2 Å². The van der Waals surface area contributed by atoms with Crippen LogP contribution in [0.5, 0.6) is 0 Å². The number of nitrogens with two attached hydrogens (primary N) is 1. The number of nitrogen functional groups attached to an aromatic ring is 1. The monoisotopic (exact) mass is 303 g/mol. The zero-order chi connectivity index (χ0) is 11.9. The second kappa shape index (κ2) is 4.26. The van der Waals surface area contributed by atoms with E-state index >= 15 is 0 Å². The van der Waals surface area contributed by atoms with Crippen molar-refractivity contribution in [1.82, 2.24) is 9.78 Å². The van der Waals surface area contributed by atoms with Crippen LogP contribution in [0.15, 0.2) is 4.47 Å². The first-order valence-corrected chi connectivity index (χ1v) is 7.43. The number of halogens is 1. The molecular weight excluding hydrogens is 286 g/mol. The van der Waals surface area contributed by atoms with Gasteiger partial charge in [-0.15, -0.1) is 0 Å². The Bertz CT molecular complexity index is 400. The lowest BCUT2D eigenvalue weighted by atomic mass is 9.88. The fraction of sp³-hybridized carbons (Fsp3) is 0.727. The van der Waals surface area contributed by atoms with Crippen LogP contribution in [0.4, 0.5) is 5.82 Å². The fourth-order valence-corrected chi connectivity index (χ4v) is 3.79. The van der Waals surface area contributed by atoms with E-state index in [1.807, 2.05) is 23.4 Å². The van der Waals surface area contributed by atoms with Crippen LogP contribution in [0.25, 0.3) is 0 Å². The maximum atomic E-state index is 6.07. The van der Waals surface area contributed by atoms with Crippen LogP contribution in [0.3, 0.4) is 0 Å². The zero-order valence-electron chi connectivity index (χ0n) is 9.96. The Morgan fingerprint density at radius 3 is 2.75 bits per heavy atom. The average molecular weight is 304 g/mol. The number of hydrogen-bond acceptors (Lipinski definition) is 3. The normalized spacial score (nSPS) is 24.6. The van der Waals surface area contributed by atoms with Gasteiger partial charge in [0.05, 0.1) is 16.2 Å². The number of aryl methyl sites for hydroxylation is 1. The highest BCUT2D eigenvalue weighted by Gasteiger charge is 2.31. The molecule has 0 amide bonds. The number of rotatable bonds is 1. The predicted molar refractivity (Wildman–Crippen MR) is 73.8 cm³/mol. The first-order valence-electron chi connectivity index (χ1n) is 5.48. The molecule has 1 saturated heterocycles. The summed E-state index contributed by atoms with van der Waals surface area (Å²) < 4.78 is 2.94. The molecule has 1 aliphatic heterocycles. The molecule has 1 aromatic rings. The summed E-state index contributed by atoms with van der Waals surface area (Å²) in [6.45, 7) is 6.61. The molecular formula is C11H18BrN3S. The van der Waals surface area contributed by atoms with E-state index in [0.29, 0.717) is 11.5 Å². The molecule has 2 rings (SSSR count). The van der Waals surface area contributed by atoms with E-state index in [9.17, 15) is 0 Å². The number of anilines is 1. The van der Waals surface area contributed by atoms with Gasteiger partial charge in [-0.05, 0) is 40.4 Å². The molecule has 1 aromatic heterocycles. The lowest BCUT2D eigenvalue weighted by Gasteiger charge is -2.35. The van der Waals surface area contributed by atoms with Gasteiger partial charge in [0.15, 0.2) is 0 Å². The van der Waals surface area contributed by atoms with E-state index in [1.54, 1.807) is 0 Å². The molecule has 90 valence electrons. The van der Waals surface area contributed by atoms with Crippen molar-refractivity contribution in [2.45, 2.75) is 33.2 Å². The van der Waals surface area contributed by atoms with Gasteiger partial charge in [0.2, 0.25) is 0 Å². The summed E-state index contributed by atoms with van der Waals surface area (Å²) in [6, 6.07) is 0.429. The molecule has 0 radical (unpaired) electrons. The van der Waals surface area contributed by atoms with Gasteiger partial charge in [-0.3, -0.25) is 0 Å². The third kappa shape index (κ3) is 2.25. The molecule has 5 heteroatoms. The van der Waals surface area contributed by atoms with Crippen molar-refractivity contribution in [1.29, 1.82) is 0 Å². The second-order valence-corrected chi connectivity index (χ2v) is 7.09. The summed E-state index contributed by atoms with van der Waals surface area (Å²) in [6.07, 6.45) is 1.15. The van der Waals surface area contributed by atoms with Gasteiger partial charge >= 0.3 is 0 Å². The van der Waals surface area contributed by atoms with Crippen molar-refractivity contribution in [3.63, 3.8) is 0 Å². The Kier molecular flexibility index (Phi) is 3.27. The maximum absolute atomic E-state index is 6.07. The molecule has 0 aromatic carbocycles. The molecule has 0 aliphatic carbocycles. The van der Waals surface area contributed by atoms with Crippen molar-refractivity contribution in [3.8, 4) is 0 Å². The van der Waals surface area contributed by atoms with Crippen LogP contribution >= 0.6 is 27.7 Å². The van der Waals surface area contributed by atoms with Gasteiger partial charge in [0, 0.05) is 5.75 Å². The molecule has 16 heavy (non-hydrogen) atoms. The molecule has 0 spiro atoms. The SMILES string of the molecule is Cc1nn(C2CSCC(C)(C)C2)c(N)c1Br. The van der Waals surface area contributed by atoms with Crippen molar-refractivity contribution in [2.75, 3.05) is 17.2 Å². The summed E-state index contributed by atoms with van der Waals surface area (Å²) in [4.78, 5) is 0. The van der Waals surface area contributed by atoms with E-state index < -0.39 is 0 Å². The van der Waals surface area contributed by atoms with Crippen LogP contribution in [0, 0.1) is 12.3 Å². The summed E-state index contributed by atoms with van der Waals surface area (Å²) in [7, 11) is 0. The van der Waals surface area contributed by atoms with Gasteiger partial charge in [-0.1, -0.05) is 13.8 Å². The van der Waals surface area contributed by atoms with E-state index in [1.165, 1.54) is 5.75 Å². The molecule has 1 aliphatic rings. The van der Waals surface area contributed by atoms with Crippen LogP contribution < -0.4 is 5.73 Å². The van der Waals surface area contributed by atoms with E-state index in [2.05, 4.69) is 34.9 Å². The molecule has 1 atom stereocenters. The van der Waals surface area contributed by atoms with Crippen molar-refractivity contribution >= 4 is 33.5 Å². The minimum atomic E-state index is 0.381. The minimum absolute atomic E-state index is 0.381. The molecule has 0 bridgehead atoms. The predicted octanol–water partition coefficient (Wildman–Crippen LogP) is 3.24. The number of aromatic nitrogens is 2. The standard InChI is InChI=1S/C11H18BrN3S/c1-7-9(12)10(13)15(14-7)8-4-11(2,3)6-16-5-8/h8H,4-6,13H2,1-3H3. The Balaban J connectivity index is 2.27.